The van der Waals surface area contributed by atoms with E-state index in [9.17, 15) is 0 Å². The molecule has 0 unspecified atom stereocenters. The Hall–Kier alpha value is -1.22. The summed E-state index contributed by atoms with van der Waals surface area (Å²) in [6.45, 7) is 1.94. The zero-order chi connectivity index (χ0) is 9.42. The largest absolute Gasteiger partial charge is 0.494 e. The third-order valence-electron chi connectivity index (χ3n) is 1.85. The summed E-state index contributed by atoms with van der Waals surface area (Å²) in [5.41, 5.74) is 1.80. The van der Waals surface area contributed by atoms with Gasteiger partial charge < -0.3 is 9.14 Å². The highest BCUT2D eigenvalue weighted by Gasteiger charge is 2.04. The van der Waals surface area contributed by atoms with E-state index < -0.39 is 0 Å². The lowest BCUT2D eigenvalue weighted by Crippen LogP contribution is -1.89. The first-order chi connectivity index (χ1) is 6.20. The molecule has 0 spiro atoms. The van der Waals surface area contributed by atoms with Crippen LogP contribution in [0.25, 0.3) is 5.65 Å². The van der Waals surface area contributed by atoms with Crippen LogP contribution in [0.2, 0.25) is 5.02 Å². The Morgan fingerprint density at radius 2 is 2.23 bits per heavy atom. The van der Waals surface area contributed by atoms with E-state index in [-0.39, 0.29) is 0 Å². The van der Waals surface area contributed by atoms with Crippen LogP contribution in [0.5, 0.6) is 5.75 Å². The van der Waals surface area contributed by atoms with Gasteiger partial charge in [-0.05, 0) is 6.92 Å². The molecule has 2 rings (SSSR count). The van der Waals surface area contributed by atoms with Crippen LogP contribution in [-0.2, 0) is 0 Å². The van der Waals surface area contributed by atoms with Gasteiger partial charge in [0.05, 0.1) is 24.0 Å². The highest BCUT2D eigenvalue weighted by Crippen LogP contribution is 2.25. The zero-order valence-corrected chi connectivity index (χ0v) is 8.17. The Balaban J connectivity index is 2.72. The topological polar surface area (TPSA) is 26.5 Å². The molecular formula is C9H9ClN2O. The second-order valence-electron chi connectivity index (χ2n) is 2.84. The van der Waals surface area contributed by atoms with E-state index >= 15 is 0 Å². The number of ether oxygens (including phenoxy) is 1. The van der Waals surface area contributed by atoms with Crippen molar-refractivity contribution in [3.05, 3.63) is 29.2 Å². The smallest absolute Gasteiger partial charge is 0.154 e. The molecule has 0 amide bonds. The second kappa shape index (κ2) is 2.92. The van der Waals surface area contributed by atoms with Gasteiger partial charge in [0.15, 0.2) is 5.75 Å². The van der Waals surface area contributed by atoms with Crippen LogP contribution in [-0.4, -0.2) is 16.5 Å². The minimum Gasteiger partial charge on any atom is -0.494 e. The summed E-state index contributed by atoms with van der Waals surface area (Å²) in [4.78, 5) is 4.27. The number of hydrogen-bond donors (Lipinski definition) is 0. The van der Waals surface area contributed by atoms with Crippen LogP contribution in [0.1, 0.15) is 5.69 Å². The number of hydrogen-bond acceptors (Lipinski definition) is 2. The predicted molar refractivity (Wildman–Crippen MR) is 51.5 cm³/mol. The number of aromatic nitrogens is 2. The highest BCUT2D eigenvalue weighted by atomic mass is 35.5. The number of imidazole rings is 1. The summed E-state index contributed by atoms with van der Waals surface area (Å²) in [5.74, 6) is 0.659. The quantitative estimate of drug-likeness (QED) is 0.700. The Morgan fingerprint density at radius 3 is 2.92 bits per heavy atom. The van der Waals surface area contributed by atoms with Crippen molar-refractivity contribution in [2.45, 2.75) is 6.92 Å². The third kappa shape index (κ3) is 1.35. The molecule has 0 bridgehead atoms. The molecule has 0 aliphatic carbocycles. The normalized spacial score (nSPS) is 10.7. The monoisotopic (exact) mass is 196 g/mol. The van der Waals surface area contributed by atoms with Crippen molar-refractivity contribution in [1.82, 2.24) is 9.38 Å². The maximum Gasteiger partial charge on any atom is 0.154 e. The van der Waals surface area contributed by atoms with E-state index in [1.54, 1.807) is 13.2 Å². The summed E-state index contributed by atoms with van der Waals surface area (Å²) in [6, 6.07) is 1.79. The number of rotatable bonds is 1. The fourth-order valence-electron chi connectivity index (χ4n) is 1.27. The minimum atomic E-state index is 0.584. The van der Waals surface area contributed by atoms with Crippen LogP contribution < -0.4 is 4.74 Å². The summed E-state index contributed by atoms with van der Waals surface area (Å²) in [6.07, 6.45) is 3.74. The number of methoxy groups -OCH3 is 1. The van der Waals surface area contributed by atoms with Crippen molar-refractivity contribution in [2.75, 3.05) is 7.11 Å². The number of aryl methyl sites for hydroxylation is 1. The summed E-state index contributed by atoms with van der Waals surface area (Å²) in [7, 11) is 1.59. The third-order valence-corrected chi connectivity index (χ3v) is 2.14. The molecule has 0 aromatic carbocycles. The fraction of sp³-hybridized carbons (Fsp3) is 0.222. The van der Waals surface area contributed by atoms with Gasteiger partial charge in [-0.1, -0.05) is 11.6 Å². The van der Waals surface area contributed by atoms with Gasteiger partial charge in [0.2, 0.25) is 0 Å². The molecule has 0 aliphatic heterocycles. The maximum absolute atomic E-state index is 5.93. The first-order valence-electron chi connectivity index (χ1n) is 3.89. The predicted octanol–water partition coefficient (Wildman–Crippen LogP) is 2.30. The number of fused-ring (bicyclic) bond motifs is 1. The molecule has 0 saturated heterocycles. The molecule has 3 nitrogen and oxygen atoms in total. The first kappa shape index (κ1) is 8.38. The van der Waals surface area contributed by atoms with Crippen LogP contribution in [0.4, 0.5) is 0 Å². The Labute approximate surface area is 80.9 Å². The van der Waals surface area contributed by atoms with Crippen molar-refractivity contribution in [1.29, 1.82) is 0 Å². The lowest BCUT2D eigenvalue weighted by molar-refractivity contribution is 0.412. The lowest BCUT2D eigenvalue weighted by atomic mass is 10.4. The van der Waals surface area contributed by atoms with Crippen molar-refractivity contribution in [2.24, 2.45) is 0 Å². The maximum atomic E-state index is 5.93. The number of pyridine rings is 1. The molecule has 0 radical (unpaired) electrons. The summed E-state index contributed by atoms with van der Waals surface area (Å²) in [5, 5.41) is 0.584. The minimum absolute atomic E-state index is 0.584. The standard InChI is InChI=1S/C9H9ClN2O/c1-6-4-12-5-8(13-2)7(10)3-9(12)11-6/h3-5H,1-2H3. The summed E-state index contributed by atoms with van der Waals surface area (Å²) < 4.78 is 6.97. The molecule has 0 N–H and O–H groups in total. The van der Waals surface area contributed by atoms with Gasteiger partial charge in [-0.3, -0.25) is 0 Å². The van der Waals surface area contributed by atoms with Gasteiger partial charge in [-0.15, -0.1) is 0 Å². The Kier molecular flexibility index (Phi) is 1.88. The summed E-state index contributed by atoms with van der Waals surface area (Å²) >= 11 is 5.93. The molecule has 2 aromatic rings. The molecule has 0 fully saturated rings. The van der Waals surface area contributed by atoms with E-state index in [4.69, 9.17) is 16.3 Å². The van der Waals surface area contributed by atoms with E-state index in [2.05, 4.69) is 4.98 Å². The van der Waals surface area contributed by atoms with Crippen molar-refractivity contribution >= 4 is 17.2 Å². The molecule has 0 aliphatic rings. The van der Waals surface area contributed by atoms with Gasteiger partial charge in [-0.25, -0.2) is 4.98 Å². The molecule has 13 heavy (non-hydrogen) atoms. The Bertz CT molecular complexity index is 450. The van der Waals surface area contributed by atoms with Crippen molar-refractivity contribution < 1.29 is 4.74 Å². The molecule has 0 atom stereocenters. The second-order valence-corrected chi connectivity index (χ2v) is 3.24. The van der Waals surface area contributed by atoms with Gasteiger partial charge >= 0.3 is 0 Å². The van der Waals surface area contributed by atoms with Gasteiger partial charge in [0.25, 0.3) is 0 Å². The fourth-order valence-corrected chi connectivity index (χ4v) is 1.49. The number of halogens is 1. The molecule has 0 saturated carbocycles. The van der Waals surface area contributed by atoms with E-state index in [1.807, 2.05) is 23.7 Å². The van der Waals surface area contributed by atoms with Crippen LogP contribution in [0, 0.1) is 6.92 Å². The van der Waals surface area contributed by atoms with Crippen molar-refractivity contribution in [3.63, 3.8) is 0 Å². The SMILES string of the molecule is COc1cn2cc(C)nc2cc1Cl. The average Bonchev–Trinajstić information content (AvgIpc) is 2.42. The molecule has 4 heteroatoms. The van der Waals surface area contributed by atoms with Gasteiger partial charge in [0.1, 0.15) is 5.65 Å². The van der Waals surface area contributed by atoms with Gasteiger partial charge in [-0.2, -0.15) is 0 Å². The number of nitrogens with zero attached hydrogens (tertiary/aromatic N) is 2. The van der Waals surface area contributed by atoms with Crippen molar-refractivity contribution in [3.8, 4) is 5.75 Å². The van der Waals surface area contributed by atoms with E-state index in [0.717, 1.165) is 11.3 Å². The van der Waals surface area contributed by atoms with Crippen LogP contribution in [0.15, 0.2) is 18.5 Å². The van der Waals surface area contributed by atoms with E-state index in [0.29, 0.717) is 10.8 Å². The highest BCUT2D eigenvalue weighted by molar-refractivity contribution is 6.32. The van der Waals surface area contributed by atoms with E-state index in [1.165, 1.54) is 0 Å². The molecule has 2 heterocycles. The molecule has 2 aromatic heterocycles. The molecular weight excluding hydrogens is 188 g/mol. The molecule has 68 valence electrons. The zero-order valence-electron chi connectivity index (χ0n) is 7.41. The van der Waals surface area contributed by atoms with Gasteiger partial charge in [0, 0.05) is 12.3 Å². The Morgan fingerprint density at radius 1 is 1.46 bits per heavy atom. The van der Waals surface area contributed by atoms with Crippen LogP contribution >= 0.6 is 11.6 Å². The first-order valence-corrected chi connectivity index (χ1v) is 4.27. The van der Waals surface area contributed by atoms with Crippen LogP contribution in [0.3, 0.4) is 0 Å². The average molecular weight is 197 g/mol. The lowest BCUT2D eigenvalue weighted by Gasteiger charge is -2.02.